The second kappa shape index (κ2) is 10.9. The molecule has 9 aromatic rings. The van der Waals surface area contributed by atoms with E-state index in [1.165, 1.54) is 75.4 Å². The van der Waals surface area contributed by atoms with Gasteiger partial charge >= 0.3 is 0 Å². The molecule has 48 heavy (non-hydrogen) atoms. The largest absolute Gasteiger partial charge is 0.296 e. The van der Waals surface area contributed by atoms with E-state index in [1.54, 1.807) is 0 Å². The van der Waals surface area contributed by atoms with Gasteiger partial charge in [-0.25, -0.2) is 4.98 Å². The highest BCUT2D eigenvalue weighted by atomic mass is 32.1. The van der Waals surface area contributed by atoms with Gasteiger partial charge in [0, 0.05) is 37.7 Å². The van der Waals surface area contributed by atoms with Crippen molar-refractivity contribution in [2.75, 3.05) is 0 Å². The quantitative estimate of drug-likeness (QED) is 0.189. The lowest BCUT2D eigenvalue weighted by atomic mass is 9.94. The number of hydrogen-bond donors (Lipinski definition) is 0. The highest BCUT2D eigenvalue weighted by Gasteiger charge is 2.26. The third kappa shape index (κ3) is 4.21. The Bertz CT molecular complexity index is 2640. The van der Waals surface area contributed by atoms with Crippen molar-refractivity contribution < 1.29 is 0 Å². The van der Waals surface area contributed by atoms with Crippen molar-refractivity contribution in [3.05, 3.63) is 163 Å². The molecule has 0 saturated heterocycles. The molecule has 0 radical (unpaired) electrons. The van der Waals surface area contributed by atoms with Crippen LogP contribution in [-0.2, 0) is 6.42 Å². The van der Waals surface area contributed by atoms with Crippen LogP contribution in [0, 0.1) is 0 Å². The Labute approximate surface area is 282 Å². The number of hydrogen-bond acceptors (Lipinski definition) is 2. The molecule has 3 aromatic heterocycles. The molecule has 0 saturated carbocycles. The number of aromatic nitrogens is 2. The zero-order valence-corrected chi connectivity index (χ0v) is 27.0. The monoisotopic (exact) mass is 630 g/mol. The molecular weight excluding hydrogens is 601 g/mol. The van der Waals surface area contributed by atoms with Gasteiger partial charge in [0.05, 0.1) is 15.9 Å². The van der Waals surface area contributed by atoms with Gasteiger partial charge in [0.2, 0.25) is 0 Å². The number of fused-ring (bicyclic) bond motifs is 9. The maximum Gasteiger partial charge on any atom is 0.138 e. The first-order chi connectivity index (χ1) is 23.8. The van der Waals surface area contributed by atoms with Crippen LogP contribution in [0.1, 0.15) is 17.7 Å². The van der Waals surface area contributed by atoms with Crippen molar-refractivity contribution in [1.82, 2.24) is 9.55 Å². The van der Waals surface area contributed by atoms with Crippen molar-refractivity contribution in [2.45, 2.75) is 12.8 Å². The molecule has 1 aliphatic carbocycles. The van der Waals surface area contributed by atoms with Crippen LogP contribution in [0.15, 0.2) is 152 Å². The van der Waals surface area contributed by atoms with Gasteiger partial charge in [-0.05, 0) is 70.1 Å². The molecule has 0 atom stereocenters. The molecule has 226 valence electrons. The van der Waals surface area contributed by atoms with Crippen LogP contribution < -0.4 is 0 Å². The summed E-state index contributed by atoms with van der Waals surface area (Å²) in [5.74, 6) is 0.966. The number of pyridine rings is 1. The molecule has 0 amide bonds. The van der Waals surface area contributed by atoms with E-state index in [0.717, 1.165) is 29.9 Å². The molecule has 0 fully saturated rings. The Morgan fingerprint density at radius 3 is 2.08 bits per heavy atom. The molecule has 0 spiro atoms. The molecule has 1 aliphatic rings. The highest BCUT2D eigenvalue weighted by molar-refractivity contribution is 7.27. The van der Waals surface area contributed by atoms with E-state index < -0.39 is 0 Å². The predicted molar refractivity (Wildman–Crippen MR) is 205 cm³/mol. The molecule has 0 bridgehead atoms. The summed E-state index contributed by atoms with van der Waals surface area (Å²) >= 11 is 1.92. The summed E-state index contributed by atoms with van der Waals surface area (Å²) in [7, 11) is 0. The first kappa shape index (κ1) is 27.4. The lowest BCUT2D eigenvalue weighted by Crippen LogP contribution is -2.06. The fraction of sp³-hybridized carbons (Fsp3) is 0.0444. The zero-order valence-electron chi connectivity index (χ0n) is 26.2. The van der Waals surface area contributed by atoms with Crippen LogP contribution in [-0.4, -0.2) is 9.55 Å². The van der Waals surface area contributed by atoms with E-state index in [9.17, 15) is 0 Å². The summed E-state index contributed by atoms with van der Waals surface area (Å²) in [6.45, 7) is 0. The standard InChI is InChI=1S/C45H30N2S/c1-4-14-29(15-5-1)33-26-38(32-19-8-3-9-20-32)46-41(27-33)47-39-23-13-12-22-35(39)37-28-36(30-16-6-2-7-17-30)43-42-34-21-11-10-18-31(34)24-25-40(42)48-45(43)44(37)47/h1-12,14-22,24-28H,13,23H2. The molecule has 0 aliphatic heterocycles. The minimum absolute atomic E-state index is 0.966. The van der Waals surface area contributed by atoms with E-state index >= 15 is 0 Å². The topological polar surface area (TPSA) is 17.8 Å². The normalized spacial score (nSPS) is 12.8. The SMILES string of the molecule is C1=Cc2c(n(-c3cc(-c4ccccc4)cc(-c4ccccc4)n3)c3c2cc(-c2ccccc2)c2c3sc3ccc4ccccc4c32)CC1. The lowest BCUT2D eigenvalue weighted by Gasteiger charge is -2.16. The molecule has 2 nitrogen and oxygen atoms in total. The number of benzene rings is 6. The van der Waals surface area contributed by atoms with Gasteiger partial charge < -0.3 is 0 Å². The number of allylic oxidation sites excluding steroid dienone is 1. The van der Waals surface area contributed by atoms with Crippen molar-refractivity contribution in [1.29, 1.82) is 0 Å². The van der Waals surface area contributed by atoms with E-state index in [1.807, 2.05) is 11.3 Å². The van der Waals surface area contributed by atoms with Crippen LogP contribution in [0.2, 0.25) is 0 Å². The first-order valence-electron chi connectivity index (χ1n) is 16.6. The molecule has 6 aromatic carbocycles. The minimum Gasteiger partial charge on any atom is -0.296 e. The molecule has 0 N–H and O–H groups in total. The molecule has 3 heteroatoms. The number of rotatable bonds is 4. The van der Waals surface area contributed by atoms with Crippen LogP contribution in [0.25, 0.3) is 87.3 Å². The fourth-order valence-electron chi connectivity index (χ4n) is 7.67. The smallest absolute Gasteiger partial charge is 0.138 e. The average molecular weight is 631 g/mol. The predicted octanol–water partition coefficient (Wildman–Crippen LogP) is 12.5. The number of thiophene rings is 1. The molecule has 10 rings (SSSR count). The van der Waals surface area contributed by atoms with Crippen molar-refractivity contribution in [3.63, 3.8) is 0 Å². The Morgan fingerprint density at radius 2 is 1.29 bits per heavy atom. The van der Waals surface area contributed by atoms with Crippen molar-refractivity contribution in [3.8, 4) is 39.3 Å². The van der Waals surface area contributed by atoms with Crippen molar-refractivity contribution in [2.24, 2.45) is 0 Å². The van der Waals surface area contributed by atoms with Crippen LogP contribution in [0.5, 0.6) is 0 Å². The number of nitrogens with zero attached hydrogens (tertiary/aromatic N) is 2. The van der Waals surface area contributed by atoms with Gasteiger partial charge in [0.25, 0.3) is 0 Å². The fourth-order valence-corrected chi connectivity index (χ4v) is 8.96. The summed E-state index contributed by atoms with van der Waals surface area (Å²) in [6.07, 6.45) is 6.66. The van der Waals surface area contributed by atoms with Crippen molar-refractivity contribution >= 4 is 59.3 Å². The van der Waals surface area contributed by atoms with Crippen LogP contribution in [0.3, 0.4) is 0 Å². The van der Waals surface area contributed by atoms with Crippen LogP contribution >= 0.6 is 11.3 Å². The summed E-state index contributed by atoms with van der Waals surface area (Å²) < 4.78 is 5.13. The van der Waals surface area contributed by atoms with Gasteiger partial charge in [-0.1, -0.05) is 133 Å². The summed E-state index contributed by atoms with van der Waals surface area (Å²) in [6, 6.07) is 52.6. The summed E-state index contributed by atoms with van der Waals surface area (Å²) in [5.41, 5.74) is 10.9. The summed E-state index contributed by atoms with van der Waals surface area (Å²) in [5, 5.41) is 6.53. The van der Waals surface area contributed by atoms with Gasteiger partial charge in [0.1, 0.15) is 5.82 Å². The van der Waals surface area contributed by atoms with E-state index in [-0.39, 0.29) is 0 Å². The third-order valence-corrected chi connectivity index (χ3v) is 11.0. The van der Waals surface area contributed by atoms with Gasteiger partial charge in [-0.15, -0.1) is 11.3 Å². The molecule has 3 heterocycles. The zero-order chi connectivity index (χ0) is 31.6. The van der Waals surface area contributed by atoms with Gasteiger partial charge in [0.15, 0.2) is 0 Å². The van der Waals surface area contributed by atoms with Gasteiger partial charge in [-0.3, -0.25) is 4.57 Å². The Morgan fingerprint density at radius 1 is 0.583 bits per heavy atom. The van der Waals surface area contributed by atoms with Crippen LogP contribution in [0.4, 0.5) is 0 Å². The minimum atomic E-state index is 0.966. The Hall–Kier alpha value is -5.77. The second-order valence-electron chi connectivity index (χ2n) is 12.6. The maximum absolute atomic E-state index is 5.46. The lowest BCUT2D eigenvalue weighted by molar-refractivity contribution is 0.874. The van der Waals surface area contributed by atoms with E-state index in [4.69, 9.17) is 4.98 Å². The molecule has 0 unspecified atom stereocenters. The average Bonchev–Trinajstić information content (AvgIpc) is 3.72. The molecular formula is C45H30N2S. The maximum atomic E-state index is 5.46. The van der Waals surface area contributed by atoms with E-state index in [2.05, 4.69) is 162 Å². The first-order valence-corrected chi connectivity index (χ1v) is 17.4. The summed E-state index contributed by atoms with van der Waals surface area (Å²) in [4.78, 5) is 5.46. The second-order valence-corrected chi connectivity index (χ2v) is 13.7. The van der Waals surface area contributed by atoms with Gasteiger partial charge in [-0.2, -0.15) is 0 Å². The van der Waals surface area contributed by atoms with E-state index in [0.29, 0.717) is 0 Å². The third-order valence-electron chi connectivity index (χ3n) is 9.84. The Kier molecular flexibility index (Phi) is 6.21. The highest BCUT2D eigenvalue weighted by Crippen LogP contribution is 2.49. The Balaban J connectivity index is 1.38.